The molecule has 2 aromatic rings. The van der Waals surface area contributed by atoms with Crippen LogP contribution in [0.25, 0.3) is 0 Å². The topological polar surface area (TPSA) is 84.2 Å². The molecule has 2 aromatic heterocycles. The van der Waals surface area contributed by atoms with E-state index in [9.17, 15) is 4.79 Å². The first kappa shape index (κ1) is 18.4. The molecule has 1 amide bonds. The predicted octanol–water partition coefficient (Wildman–Crippen LogP) is 2.97. The predicted molar refractivity (Wildman–Crippen MR) is 99.0 cm³/mol. The minimum absolute atomic E-state index is 0.155. The summed E-state index contributed by atoms with van der Waals surface area (Å²) in [5.41, 5.74) is 1.24. The molecule has 1 aliphatic heterocycles. The lowest BCUT2D eigenvalue weighted by molar-refractivity contribution is -0.132. The van der Waals surface area contributed by atoms with Crippen molar-refractivity contribution in [2.45, 2.75) is 51.4 Å². The van der Waals surface area contributed by atoms with E-state index in [1.54, 1.807) is 0 Å². The Hall–Kier alpha value is -2.44. The minimum atomic E-state index is 0.155. The van der Waals surface area contributed by atoms with Crippen molar-refractivity contribution in [1.29, 1.82) is 0 Å². The number of carbonyl (C=O) groups is 1. The minimum Gasteiger partial charge on any atom is -0.373 e. The van der Waals surface area contributed by atoms with Crippen LogP contribution in [-0.2, 0) is 11.2 Å². The Kier molecular flexibility index (Phi) is 5.85. The highest BCUT2D eigenvalue weighted by Gasteiger charge is 2.25. The van der Waals surface area contributed by atoms with Crippen molar-refractivity contribution < 1.29 is 9.32 Å². The number of anilines is 1. The summed E-state index contributed by atoms with van der Waals surface area (Å²) in [5.74, 6) is 2.85. The lowest BCUT2D eigenvalue weighted by Crippen LogP contribution is -2.39. The third-order valence-electron chi connectivity index (χ3n) is 4.84. The molecule has 1 N–H and O–H groups in total. The second-order valence-corrected chi connectivity index (χ2v) is 7.10. The van der Waals surface area contributed by atoms with E-state index in [4.69, 9.17) is 4.52 Å². The van der Waals surface area contributed by atoms with Crippen molar-refractivity contribution >= 4 is 11.7 Å². The zero-order valence-corrected chi connectivity index (χ0v) is 15.7. The molecule has 26 heavy (non-hydrogen) atoms. The second-order valence-electron chi connectivity index (χ2n) is 7.10. The maximum absolute atomic E-state index is 12.6. The molecule has 0 aromatic carbocycles. The first-order valence-corrected chi connectivity index (χ1v) is 9.30. The van der Waals surface area contributed by atoms with Crippen LogP contribution in [0.1, 0.15) is 62.2 Å². The summed E-state index contributed by atoms with van der Waals surface area (Å²) >= 11 is 0. The molecule has 1 fully saturated rings. The van der Waals surface area contributed by atoms with Gasteiger partial charge in [0.25, 0.3) is 0 Å². The number of likely N-dealkylation sites (tertiary alicyclic amines) is 1. The van der Waals surface area contributed by atoms with E-state index in [1.807, 2.05) is 38.1 Å². The van der Waals surface area contributed by atoms with Gasteiger partial charge in [-0.3, -0.25) is 4.79 Å². The maximum Gasteiger partial charge on any atom is 0.227 e. The molecule has 1 aliphatic rings. The average molecular weight is 357 g/mol. The number of nitrogens with zero attached hydrogens (tertiary/aromatic N) is 4. The van der Waals surface area contributed by atoms with Crippen LogP contribution in [-0.4, -0.2) is 46.1 Å². The molecular formula is C19H27N5O2. The Balaban J connectivity index is 1.57. The van der Waals surface area contributed by atoms with Gasteiger partial charge in [0.05, 0.1) is 0 Å². The van der Waals surface area contributed by atoms with Gasteiger partial charge in [0.15, 0.2) is 5.82 Å². The summed E-state index contributed by atoms with van der Waals surface area (Å²) in [7, 11) is 1.87. The normalized spacial score (nSPS) is 17.5. The summed E-state index contributed by atoms with van der Waals surface area (Å²) in [5, 5.41) is 7.03. The molecular weight excluding hydrogens is 330 g/mol. The number of hydrogen-bond donors (Lipinski definition) is 1. The van der Waals surface area contributed by atoms with E-state index in [-0.39, 0.29) is 11.8 Å². The van der Waals surface area contributed by atoms with E-state index in [0.29, 0.717) is 30.5 Å². The van der Waals surface area contributed by atoms with Crippen LogP contribution in [0.3, 0.4) is 0 Å². The van der Waals surface area contributed by atoms with Gasteiger partial charge in [0, 0.05) is 51.0 Å². The van der Waals surface area contributed by atoms with Gasteiger partial charge >= 0.3 is 0 Å². The zero-order chi connectivity index (χ0) is 18.5. The third-order valence-corrected chi connectivity index (χ3v) is 4.84. The largest absolute Gasteiger partial charge is 0.373 e. The van der Waals surface area contributed by atoms with Crippen LogP contribution in [0, 0.1) is 0 Å². The molecule has 7 heteroatoms. The zero-order valence-electron chi connectivity index (χ0n) is 15.7. The summed E-state index contributed by atoms with van der Waals surface area (Å²) in [6.07, 6.45) is 4.84. The molecule has 1 atom stereocenters. The lowest BCUT2D eigenvalue weighted by Gasteiger charge is -2.33. The Morgan fingerprint density at radius 1 is 1.46 bits per heavy atom. The van der Waals surface area contributed by atoms with Crippen LogP contribution >= 0.6 is 0 Å². The summed E-state index contributed by atoms with van der Waals surface area (Å²) in [6, 6.07) is 4.12. The molecule has 7 nitrogen and oxygen atoms in total. The highest BCUT2D eigenvalue weighted by Crippen LogP contribution is 2.28. The molecule has 0 radical (unpaired) electrons. The highest BCUT2D eigenvalue weighted by molar-refractivity contribution is 5.76. The quantitative estimate of drug-likeness (QED) is 0.856. The van der Waals surface area contributed by atoms with Crippen LogP contribution < -0.4 is 5.32 Å². The fourth-order valence-electron chi connectivity index (χ4n) is 3.29. The molecule has 1 unspecified atom stereocenters. The van der Waals surface area contributed by atoms with Crippen molar-refractivity contribution in [3.63, 3.8) is 0 Å². The standard InChI is InChI=1S/C19H27N5O2/c1-13(2)19-22-17(26-23-19)6-7-18(25)24-10-4-5-15(12-24)14-8-9-21-16(11-14)20-3/h8-9,11,13,15H,4-7,10,12H2,1-3H3,(H,20,21). The van der Waals surface area contributed by atoms with E-state index in [1.165, 1.54) is 5.56 Å². The fraction of sp³-hybridized carbons (Fsp3) is 0.579. The summed E-state index contributed by atoms with van der Waals surface area (Å²) in [6.45, 7) is 5.62. The van der Waals surface area contributed by atoms with Crippen LogP contribution in [0.5, 0.6) is 0 Å². The third kappa shape index (κ3) is 4.39. The number of amides is 1. The fourth-order valence-corrected chi connectivity index (χ4v) is 3.29. The van der Waals surface area contributed by atoms with Gasteiger partial charge in [-0.15, -0.1) is 0 Å². The van der Waals surface area contributed by atoms with Crippen LogP contribution in [0.4, 0.5) is 5.82 Å². The van der Waals surface area contributed by atoms with E-state index in [0.717, 1.165) is 31.7 Å². The van der Waals surface area contributed by atoms with E-state index >= 15 is 0 Å². The smallest absolute Gasteiger partial charge is 0.227 e. The average Bonchev–Trinajstić information content (AvgIpc) is 3.15. The number of carbonyl (C=O) groups excluding carboxylic acids is 1. The van der Waals surface area contributed by atoms with Gasteiger partial charge in [-0.05, 0) is 30.5 Å². The molecule has 0 aliphatic carbocycles. The molecule has 3 rings (SSSR count). The maximum atomic E-state index is 12.6. The molecule has 1 saturated heterocycles. The van der Waals surface area contributed by atoms with Crippen molar-refractivity contribution in [2.75, 3.05) is 25.5 Å². The summed E-state index contributed by atoms with van der Waals surface area (Å²) < 4.78 is 5.23. The van der Waals surface area contributed by atoms with E-state index < -0.39 is 0 Å². The molecule has 0 saturated carbocycles. The number of hydrogen-bond acceptors (Lipinski definition) is 6. The number of nitrogens with one attached hydrogen (secondary N) is 1. The van der Waals surface area contributed by atoms with Gasteiger partial charge in [0.1, 0.15) is 5.82 Å². The Bertz CT molecular complexity index is 743. The number of rotatable bonds is 6. The Morgan fingerprint density at radius 3 is 3.04 bits per heavy atom. The van der Waals surface area contributed by atoms with Gasteiger partial charge in [0.2, 0.25) is 11.8 Å². The molecule has 140 valence electrons. The number of pyridine rings is 1. The van der Waals surface area contributed by atoms with Crippen molar-refractivity contribution in [3.8, 4) is 0 Å². The lowest BCUT2D eigenvalue weighted by atomic mass is 9.91. The van der Waals surface area contributed by atoms with Gasteiger partial charge in [-0.2, -0.15) is 4.98 Å². The first-order valence-electron chi connectivity index (χ1n) is 9.30. The second kappa shape index (κ2) is 8.29. The number of piperidine rings is 1. The SMILES string of the molecule is CNc1cc(C2CCCN(C(=O)CCc3nc(C(C)C)no3)C2)ccn1. The Morgan fingerprint density at radius 2 is 2.31 bits per heavy atom. The number of aromatic nitrogens is 3. The van der Waals surface area contributed by atoms with Crippen LogP contribution in [0.2, 0.25) is 0 Å². The Labute approximate surface area is 154 Å². The van der Waals surface area contributed by atoms with E-state index in [2.05, 4.69) is 26.5 Å². The van der Waals surface area contributed by atoms with Gasteiger partial charge in [-0.1, -0.05) is 19.0 Å². The molecule has 0 spiro atoms. The van der Waals surface area contributed by atoms with Crippen molar-refractivity contribution in [1.82, 2.24) is 20.0 Å². The number of aryl methyl sites for hydroxylation is 1. The first-order chi connectivity index (χ1) is 12.6. The van der Waals surface area contributed by atoms with Gasteiger partial charge in [-0.25, -0.2) is 4.98 Å². The monoisotopic (exact) mass is 357 g/mol. The van der Waals surface area contributed by atoms with Crippen LogP contribution in [0.15, 0.2) is 22.9 Å². The van der Waals surface area contributed by atoms with Crippen molar-refractivity contribution in [2.24, 2.45) is 0 Å². The summed E-state index contributed by atoms with van der Waals surface area (Å²) in [4.78, 5) is 23.2. The van der Waals surface area contributed by atoms with Crippen molar-refractivity contribution in [3.05, 3.63) is 35.6 Å². The highest BCUT2D eigenvalue weighted by atomic mass is 16.5. The van der Waals surface area contributed by atoms with Gasteiger partial charge < -0.3 is 14.7 Å². The molecule has 3 heterocycles. The molecule has 0 bridgehead atoms.